The minimum Gasteiger partial charge on any atom is -0.483 e. The molecular formula is C36H45N5O6. The zero-order valence-electron chi connectivity index (χ0n) is 27.5. The number of hydrogen-bond donors (Lipinski definition) is 3. The van der Waals surface area contributed by atoms with Crippen molar-refractivity contribution in [1.82, 2.24) is 25.2 Å². The Kier molecular flexibility index (Phi) is 12.7. The Morgan fingerprint density at radius 2 is 2.00 bits per heavy atom. The minimum absolute atomic E-state index is 0.112. The van der Waals surface area contributed by atoms with E-state index in [2.05, 4.69) is 35.1 Å². The van der Waals surface area contributed by atoms with Crippen molar-refractivity contribution in [2.45, 2.75) is 64.7 Å². The lowest BCUT2D eigenvalue weighted by Crippen LogP contribution is -2.51. The summed E-state index contributed by atoms with van der Waals surface area (Å²) in [6, 6.07) is 9.67. The van der Waals surface area contributed by atoms with Crippen molar-refractivity contribution in [1.29, 1.82) is 0 Å². The van der Waals surface area contributed by atoms with E-state index in [4.69, 9.17) is 30.5 Å². The second kappa shape index (κ2) is 16.9. The van der Waals surface area contributed by atoms with Crippen LogP contribution in [0, 0.1) is 25.2 Å². The Bertz CT molecular complexity index is 1750. The number of aromatic amines is 1. The molecule has 3 N–H and O–H groups in total. The number of nitrogens with one attached hydrogen (secondary N) is 2. The third-order valence-electron chi connectivity index (χ3n) is 9.06. The molecule has 0 aliphatic carbocycles. The van der Waals surface area contributed by atoms with Gasteiger partial charge in [-0.1, -0.05) is 31.9 Å². The summed E-state index contributed by atoms with van der Waals surface area (Å²) in [5.41, 5.74) is 4.09. The maximum atomic E-state index is 12.9. The van der Waals surface area contributed by atoms with Gasteiger partial charge in [-0.05, 0) is 69.8 Å². The standard InChI is InChI=1S/C31H34N4O4.C4H9N.CH2O2/c1-5-22-17-24(30(37)32-18-22)31(4)13-14-35(19-20(31)2)27(36)11-8-15-38-16-12-26-33-21(3)29-28(34-26)23-9-6-7-10-25(23)39-29;1-2-4-5-3-1;2-1-3/h1,6-7,9-10,17-18,20H,8,11-16,19H2,2-4H3,(H,32,37);5H,1-4H2;1H,(H,2,3). The molecule has 0 bridgehead atoms. The average molecular weight is 644 g/mol. The van der Waals surface area contributed by atoms with Crippen molar-refractivity contribution < 1.29 is 23.8 Å². The highest BCUT2D eigenvalue weighted by Gasteiger charge is 2.40. The summed E-state index contributed by atoms with van der Waals surface area (Å²) in [5.74, 6) is 3.56. The molecule has 250 valence electrons. The second-order valence-corrected chi connectivity index (χ2v) is 12.2. The predicted octanol–water partition coefficient (Wildman–Crippen LogP) is 4.59. The summed E-state index contributed by atoms with van der Waals surface area (Å²) in [6.07, 6.45) is 12.3. The first-order valence-corrected chi connectivity index (χ1v) is 16.2. The van der Waals surface area contributed by atoms with Gasteiger partial charge < -0.3 is 29.5 Å². The number of rotatable bonds is 8. The minimum atomic E-state index is -0.341. The van der Waals surface area contributed by atoms with Crippen LogP contribution in [-0.4, -0.2) is 76.7 Å². The molecule has 3 aromatic heterocycles. The summed E-state index contributed by atoms with van der Waals surface area (Å²) in [4.78, 5) is 47.8. The lowest BCUT2D eigenvalue weighted by atomic mass is 9.68. The van der Waals surface area contributed by atoms with Crippen LogP contribution in [0.4, 0.5) is 0 Å². The van der Waals surface area contributed by atoms with Crippen molar-refractivity contribution in [3.05, 3.63) is 69.5 Å². The van der Waals surface area contributed by atoms with Gasteiger partial charge in [-0.3, -0.25) is 14.4 Å². The van der Waals surface area contributed by atoms with Gasteiger partial charge in [0, 0.05) is 60.7 Å². The largest absolute Gasteiger partial charge is 0.483 e. The highest BCUT2D eigenvalue weighted by molar-refractivity contribution is 6.02. The fraction of sp³-hybridized carbons (Fsp3) is 0.472. The Balaban J connectivity index is 0.000000554. The van der Waals surface area contributed by atoms with Crippen molar-refractivity contribution in [3.8, 4) is 12.3 Å². The van der Waals surface area contributed by atoms with Crippen molar-refractivity contribution in [2.75, 3.05) is 39.4 Å². The molecule has 11 heteroatoms. The number of amides is 1. The topological polar surface area (TPSA) is 151 Å². The Hall–Kier alpha value is -4.53. The van der Waals surface area contributed by atoms with E-state index in [-0.39, 0.29) is 29.3 Å². The number of carboxylic acid groups (broad SMARTS) is 1. The van der Waals surface area contributed by atoms with E-state index in [9.17, 15) is 9.59 Å². The number of para-hydroxylation sites is 1. The molecule has 0 spiro atoms. The van der Waals surface area contributed by atoms with Gasteiger partial charge in [0.05, 0.1) is 12.3 Å². The van der Waals surface area contributed by atoms with Gasteiger partial charge in [0.15, 0.2) is 5.58 Å². The molecule has 2 saturated heterocycles. The monoisotopic (exact) mass is 643 g/mol. The van der Waals surface area contributed by atoms with E-state index >= 15 is 0 Å². The van der Waals surface area contributed by atoms with E-state index in [0.29, 0.717) is 63.1 Å². The smallest absolute Gasteiger partial charge is 0.290 e. The van der Waals surface area contributed by atoms with E-state index in [1.54, 1.807) is 6.20 Å². The molecule has 2 aliphatic rings. The highest BCUT2D eigenvalue weighted by Crippen LogP contribution is 2.38. The third kappa shape index (κ3) is 8.84. The van der Waals surface area contributed by atoms with Gasteiger partial charge >= 0.3 is 0 Å². The maximum Gasteiger partial charge on any atom is 0.290 e. The number of aryl methyl sites for hydroxylation is 1. The Morgan fingerprint density at radius 3 is 2.68 bits per heavy atom. The number of terminal acetylenes is 1. The number of fused-ring (bicyclic) bond motifs is 3. The molecule has 1 amide bonds. The number of piperidine rings is 1. The number of furan rings is 1. The highest BCUT2D eigenvalue weighted by atomic mass is 16.5. The molecule has 47 heavy (non-hydrogen) atoms. The number of hydrogen-bond acceptors (Lipinski definition) is 8. The van der Waals surface area contributed by atoms with Gasteiger partial charge in [0.1, 0.15) is 16.9 Å². The number of pyridine rings is 1. The van der Waals surface area contributed by atoms with Gasteiger partial charge in [-0.15, -0.1) is 6.42 Å². The molecule has 11 nitrogen and oxygen atoms in total. The number of carbonyl (C=O) groups is 2. The van der Waals surface area contributed by atoms with Crippen LogP contribution in [0.25, 0.3) is 22.1 Å². The average Bonchev–Trinajstić information content (AvgIpc) is 3.77. The van der Waals surface area contributed by atoms with Crippen LogP contribution < -0.4 is 10.9 Å². The maximum absolute atomic E-state index is 12.9. The van der Waals surface area contributed by atoms with Crippen LogP contribution in [0.1, 0.15) is 68.6 Å². The summed E-state index contributed by atoms with van der Waals surface area (Å²) in [5, 5.41) is 11.1. The Labute approximate surface area is 275 Å². The zero-order valence-corrected chi connectivity index (χ0v) is 27.5. The van der Waals surface area contributed by atoms with Crippen LogP contribution in [0.5, 0.6) is 0 Å². The first kappa shape index (κ1) is 35.3. The van der Waals surface area contributed by atoms with Crippen LogP contribution in [-0.2, 0) is 26.2 Å². The van der Waals surface area contributed by atoms with E-state index in [1.165, 1.54) is 25.9 Å². The predicted molar refractivity (Wildman–Crippen MR) is 181 cm³/mol. The van der Waals surface area contributed by atoms with Gasteiger partial charge in [0.25, 0.3) is 12.0 Å². The van der Waals surface area contributed by atoms with Crippen molar-refractivity contribution >= 4 is 34.4 Å². The van der Waals surface area contributed by atoms with E-state index < -0.39 is 0 Å². The van der Waals surface area contributed by atoms with Crippen LogP contribution in [0.2, 0.25) is 0 Å². The van der Waals surface area contributed by atoms with E-state index in [0.717, 1.165) is 33.6 Å². The molecular weight excluding hydrogens is 598 g/mol. The van der Waals surface area contributed by atoms with Gasteiger partial charge in [0.2, 0.25) is 5.91 Å². The molecule has 2 fully saturated rings. The SMILES string of the molecule is C#Cc1c[nH]c(=O)c(C2(C)CCN(C(=O)CCCOCCc3nc(C)c4oc5ccccc5c4n3)CC2C)c1.C1CCNC1.O=CO. The third-order valence-corrected chi connectivity index (χ3v) is 9.06. The molecule has 0 saturated carbocycles. The number of H-pyrrole nitrogens is 1. The quantitative estimate of drug-likeness (QED) is 0.142. The van der Waals surface area contributed by atoms with Gasteiger partial charge in [-0.25, -0.2) is 9.97 Å². The zero-order chi connectivity index (χ0) is 33.8. The molecule has 6 rings (SSSR count). The molecule has 2 atom stereocenters. The number of ether oxygens (including phenoxy) is 1. The molecule has 2 aliphatic heterocycles. The number of aromatic nitrogens is 3. The number of benzene rings is 1. The molecule has 4 aromatic rings. The summed E-state index contributed by atoms with van der Waals surface area (Å²) in [6.45, 7) is 10.6. The van der Waals surface area contributed by atoms with E-state index in [1.807, 2.05) is 42.2 Å². The lowest BCUT2D eigenvalue weighted by Gasteiger charge is -2.44. The lowest BCUT2D eigenvalue weighted by molar-refractivity contribution is -0.134. The van der Waals surface area contributed by atoms with Crippen molar-refractivity contribution in [2.24, 2.45) is 5.92 Å². The molecule has 5 heterocycles. The summed E-state index contributed by atoms with van der Waals surface area (Å²) in [7, 11) is 0. The Morgan fingerprint density at radius 1 is 1.26 bits per heavy atom. The fourth-order valence-electron chi connectivity index (χ4n) is 6.13. The van der Waals surface area contributed by atoms with Gasteiger partial charge in [-0.2, -0.15) is 0 Å². The molecule has 0 radical (unpaired) electrons. The first-order chi connectivity index (χ1) is 22.7. The second-order valence-electron chi connectivity index (χ2n) is 12.2. The van der Waals surface area contributed by atoms with Crippen LogP contribution in [0.3, 0.4) is 0 Å². The normalized spacial score (nSPS) is 18.9. The van der Waals surface area contributed by atoms with Crippen LogP contribution >= 0.6 is 0 Å². The van der Waals surface area contributed by atoms with Crippen LogP contribution in [0.15, 0.2) is 45.7 Å². The number of likely N-dealkylation sites (tertiary alicyclic amines) is 1. The number of carbonyl (C=O) groups excluding carboxylic acids is 1. The number of nitrogens with zero attached hydrogens (tertiary/aromatic N) is 3. The fourth-order valence-corrected chi connectivity index (χ4v) is 6.13. The molecule has 2 unspecified atom stereocenters. The first-order valence-electron chi connectivity index (χ1n) is 16.2. The summed E-state index contributed by atoms with van der Waals surface area (Å²) >= 11 is 0. The van der Waals surface area contributed by atoms with Crippen molar-refractivity contribution in [3.63, 3.8) is 0 Å². The molecule has 1 aromatic carbocycles. The summed E-state index contributed by atoms with van der Waals surface area (Å²) < 4.78 is 11.7.